The van der Waals surface area contributed by atoms with Gasteiger partial charge in [-0.2, -0.15) is 0 Å². The number of allylic oxidation sites excluding steroid dienone is 8. The molecule has 0 radical (unpaired) electrons. The molecule has 1 aromatic carbocycles. The number of benzene rings is 1. The van der Waals surface area contributed by atoms with Crippen LogP contribution in [-0.2, 0) is 6.42 Å². The summed E-state index contributed by atoms with van der Waals surface area (Å²) in [6.07, 6.45) is 8.78. The maximum atomic E-state index is 4.06. The molecule has 0 bridgehead atoms. The van der Waals surface area contributed by atoms with E-state index >= 15 is 0 Å². The van der Waals surface area contributed by atoms with Crippen LogP contribution in [0, 0.1) is 6.92 Å². The van der Waals surface area contributed by atoms with Crippen LogP contribution in [0.25, 0.3) is 0 Å². The summed E-state index contributed by atoms with van der Waals surface area (Å²) < 4.78 is 0. The molecule has 0 heterocycles. The number of unbranched alkanes of at least 4 members (excludes halogenated alkanes) is 1. The Morgan fingerprint density at radius 2 is 1.38 bits per heavy atom. The average molecular weight is 437 g/mol. The molecule has 0 fully saturated rings. The molecule has 180 valence electrons. The minimum absolute atomic E-state index is 1.03. The number of rotatable bonds is 8. The van der Waals surface area contributed by atoms with Crippen LogP contribution in [-0.4, -0.2) is 0 Å². The van der Waals surface area contributed by atoms with Gasteiger partial charge in [0, 0.05) is 0 Å². The maximum Gasteiger partial charge on any atom is -0.0228 e. The van der Waals surface area contributed by atoms with E-state index in [0.29, 0.717) is 0 Å². The lowest BCUT2D eigenvalue weighted by Gasteiger charge is -2.11. The minimum Gasteiger partial charge on any atom is -0.100 e. The van der Waals surface area contributed by atoms with Crippen molar-refractivity contribution in [1.29, 1.82) is 0 Å². The highest BCUT2D eigenvalue weighted by molar-refractivity contribution is 5.52. The molecule has 32 heavy (non-hydrogen) atoms. The molecule has 1 rings (SSSR count). The molecule has 0 aromatic heterocycles. The molecule has 0 aliphatic heterocycles. The van der Waals surface area contributed by atoms with E-state index in [4.69, 9.17) is 0 Å². The van der Waals surface area contributed by atoms with Crippen LogP contribution < -0.4 is 0 Å². The van der Waals surface area contributed by atoms with E-state index in [2.05, 4.69) is 92.1 Å². The standard InChI is InChI=1S/C14H20.C9H12.C7H14.C2H6/c1-8-14(9-2)13(7)12(6)11(5)10(3)4;1-3-9-6-4-8(2)5-7-9;1-4-5-6-7(2)3;1-2/h8-9H,1,3,7H2,2,4-6H3;4-7H,3H2,1-2H3;2,4-6H2,1,3H3;1-2H3/b12-11-,14-9+;;;. The molecule has 0 saturated carbocycles. The Labute approximate surface area is 202 Å². The first-order valence-corrected chi connectivity index (χ1v) is 12.1. The molecule has 0 heteroatoms. The first-order valence-electron chi connectivity index (χ1n) is 12.1. The van der Waals surface area contributed by atoms with Gasteiger partial charge in [0.2, 0.25) is 0 Å². The van der Waals surface area contributed by atoms with Crippen LogP contribution in [0.2, 0.25) is 0 Å². The first-order chi connectivity index (χ1) is 15.0. The van der Waals surface area contributed by atoms with Crippen molar-refractivity contribution in [3.63, 3.8) is 0 Å². The van der Waals surface area contributed by atoms with Crippen LogP contribution >= 0.6 is 0 Å². The van der Waals surface area contributed by atoms with E-state index in [1.165, 1.54) is 47.1 Å². The summed E-state index contributed by atoms with van der Waals surface area (Å²) in [4.78, 5) is 0. The van der Waals surface area contributed by atoms with Crippen molar-refractivity contribution in [2.24, 2.45) is 0 Å². The monoisotopic (exact) mass is 436 g/mol. The third kappa shape index (κ3) is 17.4. The fraction of sp³-hybridized carbons (Fsp3) is 0.438. The lowest BCUT2D eigenvalue weighted by molar-refractivity contribution is 0.789. The Morgan fingerprint density at radius 1 is 0.875 bits per heavy atom. The van der Waals surface area contributed by atoms with Crippen molar-refractivity contribution < 1.29 is 0 Å². The van der Waals surface area contributed by atoms with Crippen LogP contribution in [0.4, 0.5) is 0 Å². The predicted molar refractivity (Wildman–Crippen MR) is 153 cm³/mol. The number of aryl methyl sites for hydroxylation is 2. The van der Waals surface area contributed by atoms with Crippen molar-refractivity contribution >= 4 is 0 Å². The first kappa shape index (κ1) is 34.3. The average Bonchev–Trinajstić information content (AvgIpc) is 2.80. The highest BCUT2D eigenvalue weighted by Crippen LogP contribution is 2.23. The van der Waals surface area contributed by atoms with Gasteiger partial charge in [0.25, 0.3) is 0 Å². The Hall–Kier alpha value is -2.34. The van der Waals surface area contributed by atoms with Gasteiger partial charge in [-0.1, -0.05) is 107 Å². The summed E-state index contributed by atoms with van der Waals surface area (Å²) in [6.45, 7) is 36.2. The van der Waals surface area contributed by atoms with Crippen molar-refractivity contribution in [3.8, 4) is 0 Å². The SMILES string of the molecule is C=C(C)CCCC.C=C/C(=C\C)C(=C)/C(C)=C(/C)C(=C)C.CC.CCc1ccc(C)cc1. The van der Waals surface area contributed by atoms with E-state index in [1.807, 2.05) is 39.8 Å². The normalized spacial score (nSPS) is 10.6. The second-order valence-corrected chi connectivity index (χ2v) is 7.86. The van der Waals surface area contributed by atoms with Crippen LogP contribution in [0.15, 0.2) is 96.2 Å². The van der Waals surface area contributed by atoms with Crippen molar-refractivity contribution in [2.45, 2.75) is 94.9 Å². The summed E-state index contributed by atoms with van der Waals surface area (Å²) in [5.74, 6) is 0. The molecular formula is C32H52. The Morgan fingerprint density at radius 3 is 1.66 bits per heavy atom. The highest BCUT2D eigenvalue weighted by Gasteiger charge is 2.04. The van der Waals surface area contributed by atoms with Crippen molar-refractivity contribution in [3.05, 3.63) is 107 Å². The third-order valence-electron chi connectivity index (χ3n) is 5.02. The van der Waals surface area contributed by atoms with Gasteiger partial charge in [-0.25, -0.2) is 0 Å². The van der Waals surface area contributed by atoms with Gasteiger partial charge in [-0.05, 0) is 88.7 Å². The van der Waals surface area contributed by atoms with E-state index in [9.17, 15) is 0 Å². The van der Waals surface area contributed by atoms with Gasteiger partial charge in [-0.3, -0.25) is 0 Å². The zero-order chi connectivity index (χ0) is 25.7. The zero-order valence-electron chi connectivity index (χ0n) is 23.1. The molecule has 0 aliphatic carbocycles. The van der Waals surface area contributed by atoms with E-state index < -0.39 is 0 Å². The molecule has 0 aliphatic rings. The molecule has 1 aromatic rings. The molecule has 0 atom stereocenters. The predicted octanol–water partition coefficient (Wildman–Crippen LogP) is 10.9. The van der Waals surface area contributed by atoms with Crippen molar-refractivity contribution in [2.75, 3.05) is 0 Å². The van der Waals surface area contributed by atoms with Gasteiger partial charge in [0.1, 0.15) is 0 Å². The Kier molecular flexibility index (Phi) is 23.4. The molecule has 0 N–H and O–H groups in total. The van der Waals surface area contributed by atoms with Crippen molar-refractivity contribution in [1.82, 2.24) is 0 Å². The third-order valence-corrected chi connectivity index (χ3v) is 5.02. The fourth-order valence-corrected chi connectivity index (χ4v) is 2.48. The number of hydrogen-bond acceptors (Lipinski definition) is 0. The maximum absolute atomic E-state index is 4.06. The molecule has 0 spiro atoms. The minimum atomic E-state index is 1.03. The van der Waals surface area contributed by atoms with Gasteiger partial charge < -0.3 is 0 Å². The van der Waals surface area contributed by atoms with Crippen LogP contribution in [0.3, 0.4) is 0 Å². The smallest absolute Gasteiger partial charge is 0.0228 e. The Balaban J connectivity index is -0.000000402. The van der Waals surface area contributed by atoms with Gasteiger partial charge in [-0.15, -0.1) is 6.58 Å². The lowest BCUT2D eigenvalue weighted by atomic mass is 9.94. The molecule has 0 unspecified atom stereocenters. The largest absolute Gasteiger partial charge is 0.100 e. The van der Waals surface area contributed by atoms with Crippen LogP contribution in [0.5, 0.6) is 0 Å². The summed E-state index contributed by atoms with van der Waals surface area (Å²) in [5, 5.41) is 0. The highest BCUT2D eigenvalue weighted by atomic mass is 14.1. The molecule has 0 nitrogen and oxygen atoms in total. The van der Waals surface area contributed by atoms with Gasteiger partial charge >= 0.3 is 0 Å². The summed E-state index contributed by atoms with van der Waals surface area (Å²) >= 11 is 0. The quantitative estimate of drug-likeness (QED) is 0.281. The fourth-order valence-electron chi connectivity index (χ4n) is 2.48. The zero-order valence-corrected chi connectivity index (χ0v) is 23.1. The van der Waals surface area contributed by atoms with Gasteiger partial charge in [0.15, 0.2) is 0 Å². The summed E-state index contributed by atoms with van der Waals surface area (Å²) in [7, 11) is 0. The molecule has 0 saturated heterocycles. The van der Waals surface area contributed by atoms with E-state index in [0.717, 1.165) is 23.1 Å². The molecular weight excluding hydrogens is 384 g/mol. The summed E-state index contributed by atoms with van der Waals surface area (Å²) in [6, 6.07) is 8.66. The van der Waals surface area contributed by atoms with E-state index in [-0.39, 0.29) is 0 Å². The van der Waals surface area contributed by atoms with Gasteiger partial charge in [0.05, 0.1) is 0 Å². The second-order valence-electron chi connectivity index (χ2n) is 7.86. The Bertz CT molecular complexity index is 733. The lowest BCUT2D eigenvalue weighted by Crippen LogP contribution is -1.92. The topological polar surface area (TPSA) is 0 Å². The number of hydrogen-bond donors (Lipinski definition) is 0. The summed E-state index contributed by atoms with van der Waals surface area (Å²) in [5.41, 5.74) is 9.66. The van der Waals surface area contributed by atoms with E-state index in [1.54, 1.807) is 0 Å². The molecule has 0 amide bonds. The second kappa shape index (κ2) is 21.9. The van der Waals surface area contributed by atoms with Crippen LogP contribution in [0.1, 0.15) is 92.7 Å².